The minimum atomic E-state index is -0.474. The third-order valence-electron chi connectivity index (χ3n) is 5.88. The van der Waals surface area contributed by atoms with Crippen molar-refractivity contribution in [3.8, 4) is 45.7 Å². The molecule has 9 heteroatoms. The van der Waals surface area contributed by atoms with Gasteiger partial charge in [0.05, 0.1) is 29.1 Å². The Labute approximate surface area is 205 Å². The summed E-state index contributed by atoms with van der Waals surface area (Å²) in [6, 6.07) is 19.7. The van der Waals surface area contributed by atoms with Crippen molar-refractivity contribution in [2.45, 2.75) is 6.92 Å². The highest BCUT2D eigenvalue weighted by Gasteiger charge is 2.24. The minimum Gasteiger partial charge on any atom is -0.480 e. The van der Waals surface area contributed by atoms with Gasteiger partial charge in [-0.2, -0.15) is 5.26 Å². The molecule has 3 aromatic heterocycles. The number of imidazole rings is 1. The number of nitro groups is 1. The van der Waals surface area contributed by atoms with Gasteiger partial charge in [-0.05, 0) is 61.0 Å². The van der Waals surface area contributed by atoms with Crippen molar-refractivity contribution in [3.05, 3.63) is 100.0 Å². The highest BCUT2D eigenvalue weighted by atomic mass is 19.1. The number of non-ortho nitro benzene ring substituents is 1. The van der Waals surface area contributed by atoms with Gasteiger partial charge in [-0.25, -0.2) is 14.4 Å². The molecule has 0 bridgehead atoms. The van der Waals surface area contributed by atoms with Crippen LogP contribution in [0.4, 0.5) is 10.1 Å². The molecule has 0 spiro atoms. The number of rotatable bonds is 5. The van der Waals surface area contributed by atoms with E-state index >= 15 is 0 Å². The largest absolute Gasteiger partial charge is 0.480 e. The number of benzene rings is 2. The zero-order valence-corrected chi connectivity index (χ0v) is 19.3. The number of fused-ring (bicyclic) bond motifs is 1. The third-order valence-corrected chi connectivity index (χ3v) is 5.88. The van der Waals surface area contributed by atoms with E-state index in [2.05, 4.69) is 11.1 Å². The molecule has 5 aromatic rings. The van der Waals surface area contributed by atoms with E-state index in [-0.39, 0.29) is 22.9 Å². The lowest BCUT2D eigenvalue weighted by Gasteiger charge is -2.13. The lowest BCUT2D eigenvalue weighted by atomic mass is 9.99. The highest BCUT2D eigenvalue weighted by molar-refractivity contribution is 5.87. The van der Waals surface area contributed by atoms with Gasteiger partial charge in [0.2, 0.25) is 5.88 Å². The van der Waals surface area contributed by atoms with Gasteiger partial charge < -0.3 is 4.74 Å². The van der Waals surface area contributed by atoms with E-state index in [0.29, 0.717) is 39.4 Å². The third kappa shape index (κ3) is 3.80. The van der Waals surface area contributed by atoms with E-state index < -0.39 is 4.92 Å². The summed E-state index contributed by atoms with van der Waals surface area (Å²) in [4.78, 5) is 20.0. The Morgan fingerprint density at radius 2 is 1.75 bits per heavy atom. The van der Waals surface area contributed by atoms with Gasteiger partial charge in [0.1, 0.15) is 23.1 Å². The van der Waals surface area contributed by atoms with E-state index in [1.807, 2.05) is 29.7 Å². The van der Waals surface area contributed by atoms with Crippen LogP contribution >= 0.6 is 0 Å². The zero-order valence-electron chi connectivity index (χ0n) is 19.3. The molecule has 176 valence electrons. The molecule has 0 atom stereocenters. The van der Waals surface area contributed by atoms with Gasteiger partial charge in [-0.1, -0.05) is 6.07 Å². The minimum absolute atomic E-state index is 0.0459. The number of pyridine rings is 2. The van der Waals surface area contributed by atoms with Crippen LogP contribution in [-0.2, 0) is 0 Å². The number of halogens is 1. The van der Waals surface area contributed by atoms with Crippen LogP contribution in [0.3, 0.4) is 0 Å². The molecule has 3 heterocycles. The molecule has 0 aliphatic heterocycles. The lowest BCUT2D eigenvalue weighted by Crippen LogP contribution is -2.00. The molecule has 0 saturated carbocycles. The fourth-order valence-corrected chi connectivity index (χ4v) is 4.14. The van der Waals surface area contributed by atoms with Gasteiger partial charge in [0.25, 0.3) is 5.69 Å². The molecule has 2 aromatic carbocycles. The van der Waals surface area contributed by atoms with Gasteiger partial charge in [-0.3, -0.25) is 14.5 Å². The van der Waals surface area contributed by atoms with Gasteiger partial charge in [0.15, 0.2) is 0 Å². The maximum Gasteiger partial charge on any atom is 0.269 e. The molecule has 0 aliphatic carbocycles. The normalized spacial score (nSPS) is 10.8. The van der Waals surface area contributed by atoms with E-state index in [1.54, 1.807) is 30.3 Å². The molecule has 0 radical (unpaired) electrons. The smallest absolute Gasteiger partial charge is 0.269 e. The van der Waals surface area contributed by atoms with E-state index in [1.165, 1.54) is 31.4 Å². The Morgan fingerprint density at radius 1 is 1.06 bits per heavy atom. The summed E-state index contributed by atoms with van der Waals surface area (Å²) in [5, 5.41) is 21.2. The Hall–Kier alpha value is -5.10. The van der Waals surface area contributed by atoms with Gasteiger partial charge >= 0.3 is 0 Å². The van der Waals surface area contributed by atoms with Crippen molar-refractivity contribution in [3.63, 3.8) is 0 Å². The molecule has 0 unspecified atom stereocenters. The highest BCUT2D eigenvalue weighted by Crippen LogP contribution is 2.39. The molecule has 0 saturated heterocycles. The maximum absolute atomic E-state index is 13.7. The van der Waals surface area contributed by atoms with Crippen LogP contribution in [0.15, 0.2) is 72.9 Å². The second kappa shape index (κ2) is 8.92. The summed E-state index contributed by atoms with van der Waals surface area (Å²) in [7, 11) is 1.42. The van der Waals surface area contributed by atoms with Crippen LogP contribution in [0.5, 0.6) is 5.88 Å². The number of ether oxygens (including phenoxy) is 1. The van der Waals surface area contributed by atoms with Crippen LogP contribution in [-0.4, -0.2) is 26.4 Å². The Morgan fingerprint density at radius 3 is 2.39 bits per heavy atom. The Balaban J connectivity index is 1.83. The molecule has 0 aliphatic rings. The molecule has 5 rings (SSSR count). The van der Waals surface area contributed by atoms with Crippen molar-refractivity contribution in [1.82, 2.24) is 14.4 Å². The SMILES string of the molecule is COc1nc(-c2ccc([N+](=O)[O-])cc2)cc(-c2c(-c3ccc(F)cc3)nc3c(C)cccn23)c1C#N. The first kappa shape index (κ1) is 22.7. The van der Waals surface area contributed by atoms with Gasteiger partial charge in [0, 0.05) is 35.0 Å². The predicted octanol–water partition coefficient (Wildman–Crippen LogP) is 5.97. The van der Waals surface area contributed by atoms with Crippen LogP contribution in [0.1, 0.15) is 11.1 Å². The molecular weight excluding hydrogens is 461 g/mol. The molecular formula is C27H18FN5O3. The number of hydrogen-bond acceptors (Lipinski definition) is 6. The van der Waals surface area contributed by atoms with E-state index in [4.69, 9.17) is 9.72 Å². The summed E-state index contributed by atoms with van der Waals surface area (Å²) in [6.07, 6.45) is 1.84. The number of nitriles is 1. The molecule has 0 amide bonds. The van der Waals surface area contributed by atoms with E-state index in [0.717, 1.165) is 5.56 Å². The quantitative estimate of drug-likeness (QED) is 0.227. The number of methoxy groups -OCH3 is 1. The number of aromatic nitrogens is 3. The van der Waals surface area contributed by atoms with Crippen molar-refractivity contribution in [1.29, 1.82) is 5.26 Å². The fraction of sp³-hybridized carbons (Fsp3) is 0.0741. The van der Waals surface area contributed by atoms with Crippen molar-refractivity contribution in [2.75, 3.05) is 7.11 Å². The summed E-state index contributed by atoms with van der Waals surface area (Å²) in [5.74, 6) is -0.264. The van der Waals surface area contributed by atoms with Crippen molar-refractivity contribution < 1.29 is 14.1 Å². The first-order chi connectivity index (χ1) is 17.4. The summed E-state index contributed by atoms with van der Waals surface area (Å²) >= 11 is 0. The fourth-order valence-electron chi connectivity index (χ4n) is 4.14. The monoisotopic (exact) mass is 479 g/mol. The first-order valence-electron chi connectivity index (χ1n) is 10.9. The van der Waals surface area contributed by atoms with Crippen LogP contribution in [0.25, 0.3) is 39.4 Å². The maximum atomic E-state index is 13.7. The second-order valence-electron chi connectivity index (χ2n) is 8.06. The van der Waals surface area contributed by atoms with Crippen LogP contribution in [0, 0.1) is 34.2 Å². The van der Waals surface area contributed by atoms with Gasteiger partial charge in [-0.15, -0.1) is 0 Å². The Kier molecular flexibility index (Phi) is 5.62. The summed E-state index contributed by atoms with van der Waals surface area (Å²) in [6.45, 7) is 1.93. The van der Waals surface area contributed by atoms with Crippen LogP contribution in [0.2, 0.25) is 0 Å². The number of nitro benzene ring substituents is 1. The van der Waals surface area contributed by atoms with Crippen molar-refractivity contribution >= 4 is 11.3 Å². The lowest BCUT2D eigenvalue weighted by molar-refractivity contribution is -0.384. The second-order valence-corrected chi connectivity index (χ2v) is 8.06. The first-order valence-corrected chi connectivity index (χ1v) is 10.9. The predicted molar refractivity (Wildman–Crippen MR) is 132 cm³/mol. The number of hydrogen-bond donors (Lipinski definition) is 0. The Bertz CT molecular complexity index is 1670. The topological polar surface area (TPSA) is 106 Å². The standard InChI is InChI=1S/C27H18FN5O3/c1-16-4-3-13-32-25(24(31-26(16)32)18-5-9-19(28)10-6-18)21-14-23(30-27(36-2)22(21)15-29)17-7-11-20(12-8-17)33(34)35/h3-14H,1-2H3. The van der Waals surface area contributed by atoms with E-state index in [9.17, 15) is 19.8 Å². The summed E-state index contributed by atoms with van der Waals surface area (Å²) in [5.41, 5.74) is 5.18. The average molecular weight is 479 g/mol. The molecule has 0 fully saturated rings. The zero-order chi connectivity index (χ0) is 25.4. The summed E-state index contributed by atoms with van der Waals surface area (Å²) < 4.78 is 21.0. The molecule has 36 heavy (non-hydrogen) atoms. The molecule has 8 nitrogen and oxygen atoms in total. The molecule has 0 N–H and O–H groups in total. The average Bonchev–Trinajstić information content (AvgIpc) is 3.29. The van der Waals surface area contributed by atoms with Crippen LogP contribution < -0.4 is 4.74 Å². The number of aryl methyl sites for hydroxylation is 1. The van der Waals surface area contributed by atoms with Crippen molar-refractivity contribution in [2.24, 2.45) is 0 Å². The number of nitrogens with zero attached hydrogens (tertiary/aromatic N) is 5.